The van der Waals surface area contributed by atoms with Crippen molar-refractivity contribution in [3.63, 3.8) is 0 Å². The predicted octanol–water partition coefficient (Wildman–Crippen LogP) is 2.69. The lowest BCUT2D eigenvalue weighted by Gasteiger charge is -2.26. The van der Waals surface area contributed by atoms with Gasteiger partial charge >= 0.3 is 0 Å². The maximum Gasteiger partial charge on any atom is 0.00817 e. The van der Waals surface area contributed by atoms with E-state index in [-0.39, 0.29) is 0 Å². The van der Waals surface area contributed by atoms with Crippen LogP contribution in [-0.2, 0) is 0 Å². The van der Waals surface area contributed by atoms with E-state index in [2.05, 4.69) is 17.6 Å². The second-order valence-corrected chi connectivity index (χ2v) is 5.82. The standard InChI is InChI=1S/C14H28N2/c1-12(11-14-6-2-3-9-16-14)15-10-4-5-13-7-8-13/h12-16H,2-11H2,1H3. The first-order valence-electron chi connectivity index (χ1n) is 7.31. The van der Waals surface area contributed by atoms with E-state index in [1.165, 1.54) is 64.5 Å². The van der Waals surface area contributed by atoms with E-state index in [1.807, 2.05) is 0 Å². The maximum atomic E-state index is 3.67. The van der Waals surface area contributed by atoms with Gasteiger partial charge in [0.25, 0.3) is 0 Å². The Balaban J connectivity index is 1.47. The van der Waals surface area contributed by atoms with E-state index < -0.39 is 0 Å². The van der Waals surface area contributed by atoms with Gasteiger partial charge in [-0.2, -0.15) is 0 Å². The van der Waals surface area contributed by atoms with Crippen molar-refractivity contribution in [1.29, 1.82) is 0 Å². The highest BCUT2D eigenvalue weighted by Gasteiger charge is 2.20. The van der Waals surface area contributed by atoms with Gasteiger partial charge in [0, 0.05) is 12.1 Å². The summed E-state index contributed by atoms with van der Waals surface area (Å²) in [6, 6.07) is 1.47. The van der Waals surface area contributed by atoms with Crippen LogP contribution in [0.5, 0.6) is 0 Å². The Morgan fingerprint density at radius 3 is 2.81 bits per heavy atom. The van der Waals surface area contributed by atoms with Crippen molar-refractivity contribution in [3.05, 3.63) is 0 Å². The highest BCUT2D eigenvalue weighted by atomic mass is 15.0. The Kier molecular flexibility index (Phi) is 5.11. The van der Waals surface area contributed by atoms with Gasteiger partial charge in [0.05, 0.1) is 0 Å². The lowest BCUT2D eigenvalue weighted by molar-refractivity contribution is 0.344. The molecule has 1 aliphatic heterocycles. The van der Waals surface area contributed by atoms with Gasteiger partial charge in [-0.3, -0.25) is 0 Å². The first-order valence-corrected chi connectivity index (χ1v) is 7.31. The predicted molar refractivity (Wildman–Crippen MR) is 69.7 cm³/mol. The van der Waals surface area contributed by atoms with Crippen molar-refractivity contribution in [2.24, 2.45) is 5.92 Å². The zero-order chi connectivity index (χ0) is 11.2. The molecule has 2 rings (SSSR count). The summed E-state index contributed by atoms with van der Waals surface area (Å²) in [5, 5.41) is 7.30. The molecule has 0 aromatic heterocycles. The highest BCUT2D eigenvalue weighted by molar-refractivity contribution is 4.77. The number of rotatable bonds is 7. The summed E-state index contributed by atoms with van der Waals surface area (Å²) in [5.74, 6) is 1.09. The molecule has 0 aromatic rings. The van der Waals surface area contributed by atoms with E-state index in [0.29, 0.717) is 6.04 Å². The van der Waals surface area contributed by atoms with E-state index in [1.54, 1.807) is 0 Å². The van der Waals surface area contributed by atoms with Crippen LogP contribution in [0.3, 0.4) is 0 Å². The average Bonchev–Trinajstić information content (AvgIpc) is 3.10. The summed E-state index contributed by atoms with van der Waals surface area (Å²) in [6.07, 6.45) is 11.3. The quantitative estimate of drug-likeness (QED) is 0.650. The van der Waals surface area contributed by atoms with Crippen molar-refractivity contribution >= 4 is 0 Å². The van der Waals surface area contributed by atoms with Crippen LogP contribution in [0.15, 0.2) is 0 Å². The second kappa shape index (κ2) is 6.61. The van der Waals surface area contributed by atoms with E-state index in [4.69, 9.17) is 0 Å². The molecule has 0 spiro atoms. The van der Waals surface area contributed by atoms with Crippen LogP contribution >= 0.6 is 0 Å². The third-order valence-corrected chi connectivity index (χ3v) is 4.03. The first-order chi connectivity index (χ1) is 7.84. The monoisotopic (exact) mass is 224 g/mol. The first kappa shape index (κ1) is 12.4. The van der Waals surface area contributed by atoms with Gasteiger partial charge in [-0.15, -0.1) is 0 Å². The second-order valence-electron chi connectivity index (χ2n) is 5.82. The van der Waals surface area contributed by atoms with Gasteiger partial charge in [0.1, 0.15) is 0 Å². The minimum atomic E-state index is 0.690. The van der Waals surface area contributed by atoms with Gasteiger partial charge in [-0.05, 0) is 58.0 Å². The van der Waals surface area contributed by atoms with Crippen LogP contribution in [0.1, 0.15) is 58.3 Å². The number of hydrogen-bond acceptors (Lipinski definition) is 2. The minimum Gasteiger partial charge on any atom is -0.314 e. The molecule has 0 amide bonds. The number of nitrogens with one attached hydrogen (secondary N) is 2. The largest absolute Gasteiger partial charge is 0.314 e. The Morgan fingerprint density at radius 2 is 2.12 bits per heavy atom. The molecule has 2 nitrogen and oxygen atoms in total. The molecule has 2 heteroatoms. The Hall–Kier alpha value is -0.0800. The number of hydrogen-bond donors (Lipinski definition) is 2. The van der Waals surface area contributed by atoms with Gasteiger partial charge in [0.15, 0.2) is 0 Å². The molecule has 94 valence electrons. The molecule has 1 aliphatic carbocycles. The molecule has 2 aliphatic rings. The van der Waals surface area contributed by atoms with Crippen molar-refractivity contribution in [3.8, 4) is 0 Å². The summed E-state index contributed by atoms with van der Waals surface area (Å²) in [4.78, 5) is 0. The topological polar surface area (TPSA) is 24.1 Å². The maximum absolute atomic E-state index is 3.67. The summed E-state index contributed by atoms with van der Waals surface area (Å²) in [7, 11) is 0. The zero-order valence-corrected chi connectivity index (χ0v) is 10.8. The molecule has 0 bridgehead atoms. The molecule has 2 fully saturated rings. The van der Waals surface area contributed by atoms with Gasteiger partial charge in [-0.25, -0.2) is 0 Å². The zero-order valence-electron chi connectivity index (χ0n) is 10.8. The molecule has 1 heterocycles. The molecule has 16 heavy (non-hydrogen) atoms. The number of piperidine rings is 1. The molecule has 0 aromatic carbocycles. The molecule has 2 atom stereocenters. The average molecular weight is 224 g/mol. The smallest absolute Gasteiger partial charge is 0.00817 e. The third kappa shape index (κ3) is 4.84. The Bertz CT molecular complexity index is 183. The van der Waals surface area contributed by atoms with Crippen LogP contribution in [0.25, 0.3) is 0 Å². The molecular weight excluding hydrogens is 196 g/mol. The minimum absolute atomic E-state index is 0.690. The lowest BCUT2D eigenvalue weighted by Crippen LogP contribution is -2.40. The summed E-state index contributed by atoms with van der Waals surface area (Å²) in [6.45, 7) is 4.80. The normalized spacial score (nSPS) is 27.9. The molecular formula is C14H28N2. The van der Waals surface area contributed by atoms with E-state index >= 15 is 0 Å². The Morgan fingerprint density at radius 1 is 1.25 bits per heavy atom. The molecule has 1 saturated carbocycles. The van der Waals surface area contributed by atoms with Crippen molar-refractivity contribution in [1.82, 2.24) is 10.6 Å². The van der Waals surface area contributed by atoms with Crippen molar-refractivity contribution in [2.75, 3.05) is 13.1 Å². The van der Waals surface area contributed by atoms with Crippen LogP contribution < -0.4 is 10.6 Å². The fourth-order valence-electron chi connectivity index (χ4n) is 2.78. The van der Waals surface area contributed by atoms with Crippen LogP contribution in [-0.4, -0.2) is 25.2 Å². The molecule has 0 radical (unpaired) electrons. The molecule has 2 unspecified atom stereocenters. The summed E-state index contributed by atoms with van der Waals surface area (Å²) >= 11 is 0. The molecule has 2 N–H and O–H groups in total. The van der Waals surface area contributed by atoms with Crippen molar-refractivity contribution in [2.45, 2.75) is 70.4 Å². The molecule has 1 saturated heterocycles. The van der Waals surface area contributed by atoms with Gasteiger partial charge < -0.3 is 10.6 Å². The van der Waals surface area contributed by atoms with Crippen LogP contribution in [0, 0.1) is 5.92 Å². The van der Waals surface area contributed by atoms with Crippen LogP contribution in [0.4, 0.5) is 0 Å². The Labute approximate surface area is 101 Å². The lowest BCUT2D eigenvalue weighted by atomic mass is 9.99. The summed E-state index contributed by atoms with van der Waals surface area (Å²) < 4.78 is 0. The fourth-order valence-corrected chi connectivity index (χ4v) is 2.78. The van der Waals surface area contributed by atoms with Crippen LogP contribution in [0.2, 0.25) is 0 Å². The third-order valence-electron chi connectivity index (χ3n) is 4.03. The van der Waals surface area contributed by atoms with Gasteiger partial charge in [0.2, 0.25) is 0 Å². The summed E-state index contributed by atoms with van der Waals surface area (Å²) in [5.41, 5.74) is 0. The fraction of sp³-hybridized carbons (Fsp3) is 1.00. The van der Waals surface area contributed by atoms with E-state index in [0.717, 1.165) is 12.0 Å². The van der Waals surface area contributed by atoms with Gasteiger partial charge in [-0.1, -0.05) is 19.3 Å². The van der Waals surface area contributed by atoms with E-state index in [9.17, 15) is 0 Å². The van der Waals surface area contributed by atoms with Crippen molar-refractivity contribution < 1.29 is 0 Å². The highest BCUT2D eigenvalue weighted by Crippen LogP contribution is 2.33. The SMILES string of the molecule is CC(CC1CCCCN1)NCCCC1CC1.